The van der Waals surface area contributed by atoms with Gasteiger partial charge >= 0.3 is 0 Å². The Hall–Kier alpha value is -0.160. The van der Waals surface area contributed by atoms with Crippen LogP contribution in [-0.4, -0.2) is 47.3 Å². The third-order valence-corrected chi connectivity index (χ3v) is 2.52. The molecule has 0 radical (unpaired) electrons. The van der Waals surface area contributed by atoms with Gasteiger partial charge in [-0.3, -0.25) is 0 Å². The zero-order valence-corrected chi connectivity index (χ0v) is 6.36. The minimum Gasteiger partial charge on any atom is -0.393 e. The van der Waals surface area contributed by atoms with Crippen molar-refractivity contribution in [3.8, 4) is 0 Å². The van der Waals surface area contributed by atoms with Crippen molar-refractivity contribution in [1.82, 2.24) is 0 Å². The number of hydrogen-bond donors (Lipinski definition) is 2. The molecule has 2 aliphatic heterocycles. The molecule has 0 amide bonds. The fourth-order valence-corrected chi connectivity index (χ4v) is 1.82. The molecule has 0 aromatic carbocycles. The van der Waals surface area contributed by atoms with Crippen LogP contribution in [0, 0.1) is 0 Å². The second-order valence-electron chi connectivity index (χ2n) is 3.27. The summed E-state index contributed by atoms with van der Waals surface area (Å²) in [4.78, 5) is 0. The SMILES string of the molecule is CC1O[C@@]2(CO)COC1[C@H]2O. The van der Waals surface area contributed by atoms with E-state index in [0.717, 1.165) is 0 Å². The molecule has 11 heavy (non-hydrogen) atoms. The number of aliphatic hydroxyl groups is 2. The molecule has 2 N–H and O–H groups in total. The quantitative estimate of drug-likeness (QED) is 0.511. The fraction of sp³-hybridized carbons (Fsp3) is 1.00. The summed E-state index contributed by atoms with van der Waals surface area (Å²) in [6.07, 6.45) is -1.02. The summed E-state index contributed by atoms with van der Waals surface area (Å²) in [5.74, 6) is 0. The summed E-state index contributed by atoms with van der Waals surface area (Å²) in [5, 5.41) is 18.5. The van der Waals surface area contributed by atoms with E-state index in [4.69, 9.17) is 14.6 Å². The Kier molecular flexibility index (Phi) is 1.47. The molecule has 0 aliphatic carbocycles. The van der Waals surface area contributed by atoms with Crippen LogP contribution >= 0.6 is 0 Å². The third kappa shape index (κ3) is 0.780. The highest BCUT2D eigenvalue weighted by molar-refractivity contribution is 5.06. The van der Waals surface area contributed by atoms with E-state index in [2.05, 4.69) is 0 Å². The van der Waals surface area contributed by atoms with E-state index in [0.29, 0.717) is 6.61 Å². The first-order valence-corrected chi connectivity index (χ1v) is 3.78. The van der Waals surface area contributed by atoms with Crippen LogP contribution in [-0.2, 0) is 9.47 Å². The van der Waals surface area contributed by atoms with Crippen LogP contribution in [0.1, 0.15) is 6.92 Å². The van der Waals surface area contributed by atoms with Gasteiger partial charge in [-0.25, -0.2) is 0 Å². The molecule has 2 rings (SSSR count). The Morgan fingerprint density at radius 3 is 2.64 bits per heavy atom. The summed E-state index contributed by atoms with van der Waals surface area (Å²) in [5.41, 5.74) is -0.829. The molecule has 2 aliphatic rings. The number of rotatable bonds is 1. The first-order valence-electron chi connectivity index (χ1n) is 3.78. The van der Waals surface area contributed by atoms with E-state index in [1.807, 2.05) is 6.92 Å². The minimum absolute atomic E-state index is 0.106. The third-order valence-electron chi connectivity index (χ3n) is 2.52. The second kappa shape index (κ2) is 2.17. The molecule has 2 heterocycles. The summed E-state index contributed by atoms with van der Waals surface area (Å²) in [6, 6.07) is 0. The Morgan fingerprint density at radius 2 is 2.36 bits per heavy atom. The average Bonchev–Trinajstić information content (AvgIpc) is 2.42. The molecule has 0 saturated carbocycles. The van der Waals surface area contributed by atoms with Crippen molar-refractivity contribution in [2.24, 2.45) is 0 Å². The lowest BCUT2D eigenvalue weighted by Crippen LogP contribution is -2.44. The van der Waals surface area contributed by atoms with Crippen LogP contribution in [0.5, 0.6) is 0 Å². The topological polar surface area (TPSA) is 58.9 Å². The summed E-state index contributed by atoms with van der Waals surface area (Å²) in [6.45, 7) is 1.97. The van der Waals surface area contributed by atoms with E-state index in [9.17, 15) is 5.11 Å². The van der Waals surface area contributed by atoms with Gasteiger partial charge in [-0.1, -0.05) is 0 Å². The molecule has 0 spiro atoms. The Balaban J connectivity index is 2.24. The van der Waals surface area contributed by atoms with E-state index in [1.54, 1.807) is 0 Å². The molecule has 2 bridgehead atoms. The van der Waals surface area contributed by atoms with Crippen LogP contribution in [0.3, 0.4) is 0 Å². The Morgan fingerprint density at radius 1 is 1.64 bits per heavy atom. The molecular weight excluding hydrogens is 148 g/mol. The molecule has 0 aromatic rings. The van der Waals surface area contributed by atoms with Gasteiger partial charge in [0.2, 0.25) is 0 Å². The van der Waals surface area contributed by atoms with Gasteiger partial charge in [0, 0.05) is 0 Å². The molecule has 4 heteroatoms. The van der Waals surface area contributed by atoms with Crippen LogP contribution in [0.2, 0.25) is 0 Å². The molecule has 0 aromatic heterocycles. The first-order chi connectivity index (χ1) is 5.19. The van der Waals surface area contributed by atoms with E-state index < -0.39 is 11.7 Å². The normalized spacial score (nSPS) is 55.4. The second-order valence-corrected chi connectivity index (χ2v) is 3.27. The van der Waals surface area contributed by atoms with Gasteiger partial charge in [-0.2, -0.15) is 0 Å². The van der Waals surface area contributed by atoms with Crippen LogP contribution in [0.4, 0.5) is 0 Å². The highest BCUT2D eigenvalue weighted by Gasteiger charge is 2.59. The maximum absolute atomic E-state index is 9.54. The number of hydrogen-bond acceptors (Lipinski definition) is 4. The van der Waals surface area contributed by atoms with Crippen molar-refractivity contribution in [1.29, 1.82) is 0 Å². The summed E-state index contributed by atoms with van der Waals surface area (Å²) in [7, 11) is 0. The zero-order valence-electron chi connectivity index (χ0n) is 6.36. The molecule has 4 atom stereocenters. The monoisotopic (exact) mass is 160 g/mol. The molecule has 2 fully saturated rings. The summed E-state index contributed by atoms with van der Waals surface area (Å²) >= 11 is 0. The number of aliphatic hydroxyl groups excluding tert-OH is 2. The van der Waals surface area contributed by atoms with Gasteiger partial charge in [0.25, 0.3) is 0 Å². The average molecular weight is 160 g/mol. The minimum atomic E-state index is -0.829. The van der Waals surface area contributed by atoms with Crippen LogP contribution in [0.25, 0.3) is 0 Å². The van der Waals surface area contributed by atoms with E-state index >= 15 is 0 Å². The van der Waals surface area contributed by atoms with Gasteiger partial charge in [0.05, 0.1) is 19.3 Å². The van der Waals surface area contributed by atoms with Crippen molar-refractivity contribution in [3.63, 3.8) is 0 Å². The molecule has 4 nitrogen and oxygen atoms in total. The largest absolute Gasteiger partial charge is 0.393 e. The van der Waals surface area contributed by atoms with Crippen molar-refractivity contribution in [3.05, 3.63) is 0 Å². The van der Waals surface area contributed by atoms with Crippen molar-refractivity contribution in [2.45, 2.75) is 30.8 Å². The van der Waals surface area contributed by atoms with Gasteiger partial charge in [0.15, 0.2) is 0 Å². The Labute approximate surface area is 64.7 Å². The summed E-state index contributed by atoms with van der Waals surface area (Å²) < 4.78 is 10.6. The molecular formula is C7H12O4. The lowest BCUT2D eigenvalue weighted by atomic mass is 10.0. The van der Waals surface area contributed by atoms with Crippen molar-refractivity contribution < 1.29 is 19.7 Å². The number of fused-ring (bicyclic) bond motifs is 2. The van der Waals surface area contributed by atoms with Crippen LogP contribution in [0.15, 0.2) is 0 Å². The standard InChI is InChI=1S/C7H12O4/c1-4-5-6(9)7(2-8,11-4)3-10-5/h4-6,8-9H,2-3H2,1H3/t4?,5?,6-,7+/m1/s1. The number of ether oxygens (including phenoxy) is 2. The smallest absolute Gasteiger partial charge is 0.143 e. The molecule has 2 saturated heterocycles. The predicted molar refractivity (Wildman–Crippen MR) is 36.1 cm³/mol. The van der Waals surface area contributed by atoms with Gasteiger partial charge in [-0.05, 0) is 6.92 Å². The van der Waals surface area contributed by atoms with E-state index in [-0.39, 0.29) is 18.8 Å². The maximum Gasteiger partial charge on any atom is 0.143 e. The van der Waals surface area contributed by atoms with Gasteiger partial charge in [-0.15, -0.1) is 0 Å². The lowest BCUT2D eigenvalue weighted by Gasteiger charge is -2.26. The maximum atomic E-state index is 9.54. The fourth-order valence-electron chi connectivity index (χ4n) is 1.82. The van der Waals surface area contributed by atoms with Crippen molar-refractivity contribution in [2.75, 3.05) is 13.2 Å². The van der Waals surface area contributed by atoms with Gasteiger partial charge in [0.1, 0.15) is 17.8 Å². The Bertz CT molecular complexity index is 172. The lowest BCUT2D eigenvalue weighted by molar-refractivity contribution is -0.155. The highest BCUT2D eigenvalue weighted by atomic mass is 16.6. The van der Waals surface area contributed by atoms with Crippen LogP contribution < -0.4 is 0 Å². The van der Waals surface area contributed by atoms with Crippen molar-refractivity contribution >= 4 is 0 Å². The van der Waals surface area contributed by atoms with Gasteiger partial charge < -0.3 is 19.7 Å². The van der Waals surface area contributed by atoms with E-state index in [1.165, 1.54) is 0 Å². The molecule has 2 unspecified atom stereocenters. The molecule has 64 valence electrons. The highest BCUT2D eigenvalue weighted by Crippen LogP contribution is 2.39. The predicted octanol–water partition coefficient (Wildman–Crippen LogP) is -1.10. The zero-order chi connectivity index (χ0) is 8.06. The first kappa shape index (κ1) is 7.49.